The number of aryl methyl sites for hydroxylation is 8. The third kappa shape index (κ3) is 11.7. The molecule has 0 bridgehead atoms. The molecule has 8 rings (SSSR count). The Labute approximate surface area is 395 Å². The molecular weight excluding hydrogens is 941 g/mol. The van der Waals surface area contributed by atoms with E-state index in [-0.39, 0.29) is 18.9 Å². The SMILES string of the molecule is C.Cc1cc(C)c(OC(=O)c2c3ccccc3[n+](C)c3ccc(O)cc23)c(C)c1.Cc1cc(C)c(OC(=O)c2c3ccccc3[n+](C)c3ccc(OP(=O)(O)O)cc23)c(C)c1.O=S(=O)([O-])C(F)(F)F. The summed E-state index contributed by atoms with van der Waals surface area (Å²) in [4.78, 5) is 45.3. The molecule has 0 aliphatic heterocycles. The fraction of sp³-hybridized carbons (Fsp3) is 0.200. The molecule has 14 nitrogen and oxygen atoms in total. The van der Waals surface area contributed by atoms with Gasteiger partial charge in [0, 0.05) is 24.3 Å². The Bertz CT molecular complexity index is 3460. The molecule has 0 saturated heterocycles. The van der Waals surface area contributed by atoms with Crippen LogP contribution in [0.1, 0.15) is 61.5 Å². The Balaban J connectivity index is 0.000000221. The number of nitrogens with zero attached hydrogens (tertiary/aromatic N) is 2. The summed E-state index contributed by atoms with van der Waals surface area (Å²) in [7, 11) is -7.04. The maximum atomic E-state index is 13.5. The van der Waals surface area contributed by atoms with E-state index in [1.807, 2.05) is 144 Å². The van der Waals surface area contributed by atoms with Crippen molar-refractivity contribution in [2.75, 3.05) is 0 Å². The Morgan fingerprint density at radius 3 is 1.32 bits per heavy atom. The Hall–Kier alpha value is -6.95. The first-order valence-corrected chi connectivity index (χ1v) is 23.4. The van der Waals surface area contributed by atoms with Crippen LogP contribution in [0.2, 0.25) is 0 Å². The lowest BCUT2D eigenvalue weighted by Crippen LogP contribution is -2.31. The highest BCUT2D eigenvalue weighted by Gasteiger charge is 2.37. The first kappa shape index (κ1) is 53.0. The number of halogens is 3. The van der Waals surface area contributed by atoms with Gasteiger partial charge < -0.3 is 23.7 Å². The lowest BCUT2D eigenvalue weighted by molar-refractivity contribution is -0.617. The predicted molar refractivity (Wildman–Crippen MR) is 253 cm³/mol. The lowest BCUT2D eigenvalue weighted by Gasteiger charge is -2.14. The average molecular weight is 990 g/mol. The summed E-state index contributed by atoms with van der Waals surface area (Å²) in [6.45, 7) is 11.6. The molecule has 0 radical (unpaired) electrons. The van der Waals surface area contributed by atoms with Gasteiger partial charge in [-0.25, -0.2) is 22.6 Å². The molecule has 0 aliphatic carbocycles. The average Bonchev–Trinajstić information content (AvgIpc) is 3.23. The number of phenols is 1. The number of phosphoric ester groups is 1. The molecule has 0 aliphatic rings. The zero-order valence-electron chi connectivity index (χ0n) is 37.8. The van der Waals surface area contributed by atoms with Crippen molar-refractivity contribution in [1.82, 2.24) is 0 Å². The molecule has 8 aromatic rings. The van der Waals surface area contributed by atoms with Gasteiger partial charge in [0.2, 0.25) is 22.1 Å². The van der Waals surface area contributed by atoms with Gasteiger partial charge in [0.1, 0.15) is 37.1 Å². The largest absolute Gasteiger partial charge is 0.741 e. The van der Waals surface area contributed by atoms with E-state index in [0.29, 0.717) is 44.3 Å². The molecular formula is C50H49F3N2O12PS+. The summed E-state index contributed by atoms with van der Waals surface area (Å²) < 4.78 is 90.7. The number of hydrogen-bond donors (Lipinski definition) is 3. The molecule has 6 aromatic carbocycles. The van der Waals surface area contributed by atoms with Crippen LogP contribution in [-0.2, 0) is 28.8 Å². The second-order valence-corrected chi connectivity index (χ2v) is 18.5. The maximum Gasteiger partial charge on any atom is 0.524 e. The Kier molecular flexibility index (Phi) is 15.6. The van der Waals surface area contributed by atoms with Crippen LogP contribution in [0.25, 0.3) is 43.6 Å². The van der Waals surface area contributed by atoms with Gasteiger partial charge in [-0.2, -0.15) is 22.3 Å². The molecule has 69 heavy (non-hydrogen) atoms. The van der Waals surface area contributed by atoms with Gasteiger partial charge in [-0.1, -0.05) is 67.1 Å². The molecule has 2 aromatic heterocycles. The minimum absolute atomic E-state index is 0. The second kappa shape index (κ2) is 20.3. The van der Waals surface area contributed by atoms with E-state index in [4.69, 9.17) is 27.0 Å². The molecule has 2 heterocycles. The lowest BCUT2D eigenvalue weighted by atomic mass is 10.0. The first-order valence-electron chi connectivity index (χ1n) is 20.4. The first-order chi connectivity index (χ1) is 31.7. The van der Waals surface area contributed by atoms with E-state index in [1.165, 1.54) is 12.1 Å². The number of pyridine rings is 2. The van der Waals surface area contributed by atoms with Crippen LogP contribution < -0.4 is 23.1 Å². The number of phosphoric acid groups is 1. The summed E-state index contributed by atoms with van der Waals surface area (Å²) in [6, 6.07) is 32.7. The number of alkyl halides is 3. The number of benzene rings is 6. The number of para-hydroxylation sites is 2. The molecule has 362 valence electrons. The number of phenolic OH excluding ortho intramolecular Hbond substituents is 1. The summed E-state index contributed by atoms with van der Waals surface area (Å²) in [5.41, 5.74) is 4.10. The minimum Gasteiger partial charge on any atom is -0.741 e. The van der Waals surface area contributed by atoms with Crippen molar-refractivity contribution in [3.05, 3.63) is 154 Å². The van der Waals surface area contributed by atoms with Crippen LogP contribution in [0.4, 0.5) is 13.2 Å². The normalized spacial score (nSPS) is 11.6. The van der Waals surface area contributed by atoms with Crippen LogP contribution in [0.3, 0.4) is 0 Å². The number of ether oxygens (including phenoxy) is 2. The van der Waals surface area contributed by atoms with Crippen molar-refractivity contribution in [2.45, 2.75) is 54.5 Å². The number of esters is 2. The summed E-state index contributed by atoms with van der Waals surface area (Å²) in [6.07, 6.45) is 0. The third-order valence-corrected chi connectivity index (χ3v) is 11.8. The van der Waals surface area contributed by atoms with Gasteiger partial charge in [-0.15, -0.1) is 0 Å². The van der Waals surface area contributed by atoms with Gasteiger partial charge in [0.15, 0.2) is 10.1 Å². The maximum absolute atomic E-state index is 13.5. The topological polar surface area (TPSA) is 205 Å². The molecule has 3 N–H and O–H groups in total. The third-order valence-electron chi connectivity index (χ3n) is 10.8. The van der Waals surface area contributed by atoms with Gasteiger partial charge in [-0.05, 0) is 100 Å². The van der Waals surface area contributed by atoms with E-state index < -0.39 is 35.4 Å². The molecule has 0 atom stereocenters. The van der Waals surface area contributed by atoms with Crippen LogP contribution >= 0.6 is 7.82 Å². The molecule has 0 amide bonds. The van der Waals surface area contributed by atoms with Gasteiger partial charge in [0.05, 0.1) is 32.7 Å². The smallest absolute Gasteiger partial charge is 0.524 e. The summed E-state index contributed by atoms with van der Waals surface area (Å²) >= 11 is 0. The minimum atomic E-state index is -6.09. The van der Waals surface area contributed by atoms with Crippen LogP contribution in [0.15, 0.2) is 109 Å². The van der Waals surface area contributed by atoms with Gasteiger partial charge in [-0.3, -0.25) is 9.79 Å². The molecule has 0 unspecified atom stereocenters. The number of aromatic nitrogens is 2. The standard InChI is InChI=1S/C24H22NO6P.C24H21NO3.CHF3O3S.CH4/c1-14-11-15(2)23(16(3)12-14)30-24(26)22-18-7-5-6-8-20(18)25(4)21-10-9-17(13-19(21)22)31-32(27,28)29;1-14-11-15(2)23(16(3)12-14)28-24(27)22-18-7-5-6-8-20(18)25(4)21-10-9-17(26)13-19(21)22;2-1(3,4)8(5,6)7;/h5-13H,1-4H3,(H-,27,28,29);5-13H,1-4H3;(H,5,6,7);1H4/p+1. The fourth-order valence-corrected chi connectivity index (χ4v) is 8.49. The molecule has 0 saturated carbocycles. The van der Waals surface area contributed by atoms with E-state index in [2.05, 4.69) is 0 Å². The quantitative estimate of drug-likeness (QED) is 0.0271. The van der Waals surface area contributed by atoms with E-state index >= 15 is 0 Å². The van der Waals surface area contributed by atoms with Crippen LogP contribution in [-0.4, -0.2) is 45.3 Å². The molecule has 19 heteroatoms. The number of fused-ring (bicyclic) bond motifs is 4. The number of aromatic hydroxyl groups is 1. The van der Waals surface area contributed by atoms with Gasteiger partial charge >= 0.3 is 25.3 Å². The fourth-order valence-electron chi connectivity index (χ4n) is 8.11. The van der Waals surface area contributed by atoms with Crippen molar-refractivity contribution < 1.29 is 78.3 Å². The number of hydrogen-bond acceptors (Lipinski definition) is 10. The van der Waals surface area contributed by atoms with E-state index in [9.17, 15) is 42.2 Å². The highest BCUT2D eigenvalue weighted by atomic mass is 32.2. The van der Waals surface area contributed by atoms with Crippen LogP contribution in [0.5, 0.6) is 23.0 Å². The van der Waals surface area contributed by atoms with Crippen LogP contribution in [0, 0.1) is 41.5 Å². The Morgan fingerprint density at radius 2 is 0.942 bits per heavy atom. The summed E-state index contributed by atoms with van der Waals surface area (Å²) in [5.74, 6) is 0.157. The predicted octanol–water partition coefficient (Wildman–Crippen LogP) is 9.79. The highest BCUT2D eigenvalue weighted by molar-refractivity contribution is 7.86. The Morgan fingerprint density at radius 1 is 0.594 bits per heavy atom. The molecule has 0 spiro atoms. The van der Waals surface area contributed by atoms with Crippen molar-refractivity contribution in [3.63, 3.8) is 0 Å². The van der Waals surface area contributed by atoms with E-state index in [1.54, 1.807) is 18.2 Å². The zero-order chi connectivity index (χ0) is 50.2. The number of carbonyl (C=O) groups is 2. The zero-order valence-corrected chi connectivity index (χ0v) is 39.5. The van der Waals surface area contributed by atoms with Crippen molar-refractivity contribution in [2.24, 2.45) is 14.1 Å². The van der Waals surface area contributed by atoms with Crippen molar-refractivity contribution >= 4 is 73.5 Å². The highest BCUT2D eigenvalue weighted by Crippen LogP contribution is 2.40. The second-order valence-electron chi connectivity index (χ2n) is 16.0. The molecule has 0 fully saturated rings. The summed E-state index contributed by atoms with van der Waals surface area (Å²) in [5, 5.41) is 12.6. The van der Waals surface area contributed by atoms with Crippen molar-refractivity contribution in [3.8, 4) is 23.0 Å². The number of carbonyl (C=O) groups excluding carboxylic acids is 2. The van der Waals surface area contributed by atoms with E-state index in [0.717, 1.165) is 55.3 Å². The van der Waals surface area contributed by atoms with Gasteiger partial charge in [0.25, 0.3) is 0 Å². The monoisotopic (exact) mass is 989 g/mol. The number of rotatable bonds is 6. The van der Waals surface area contributed by atoms with Crippen molar-refractivity contribution in [1.29, 1.82) is 0 Å².